The van der Waals surface area contributed by atoms with Gasteiger partial charge in [-0.05, 0) is 51.8 Å². The van der Waals surface area contributed by atoms with Crippen LogP contribution in [0, 0.1) is 5.92 Å². The maximum absolute atomic E-state index is 10.5. The number of aryl methyl sites for hydroxylation is 1. The van der Waals surface area contributed by atoms with E-state index in [0.29, 0.717) is 11.7 Å². The topological polar surface area (TPSA) is 29.5 Å². The number of benzene rings is 1. The Kier molecular flexibility index (Phi) is 4.36. The summed E-state index contributed by atoms with van der Waals surface area (Å²) in [5.74, 6) is 1.73. The quantitative estimate of drug-likeness (QED) is 0.774. The fourth-order valence-electron chi connectivity index (χ4n) is 3.17. The van der Waals surface area contributed by atoms with Gasteiger partial charge in [0.25, 0.3) is 0 Å². The largest absolute Gasteiger partial charge is 0.507 e. The molecule has 2 heteroatoms. The van der Waals surface area contributed by atoms with Crippen molar-refractivity contribution in [2.45, 2.75) is 65.9 Å². The molecule has 0 spiro atoms. The molecule has 0 amide bonds. The lowest BCUT2D eigenvalue weighted by Crippen LogP contribution is -2.42. The number of phenolic OH excluding ortho intramolecular Hbond substituents is 1. The summed E-state index contributed by atoms with van der Waals surface area (Å²) in [5, 5.41) is 10.5. The Hall–Kier alpha value is -1.44. The third-order valence-electron chi connectivity index (χ3n) is 4.57. The predicted octanol–water partition coefficient (Wildman–Crippen LogP) is 5.20. The van der Waals surface area contributed by atoms with Crippen LogP contribution >= 0.6 is 0 Å². The van der Waals surface area contributed by atoms with Crippen molar-refractivity contribution in [3.8, 4) is 11.5 Å². The molecule has 21 heavy (non-hydrogen) atoms. The zero-order chi connectivity index (χ0) is 15.8. The SMILES string of the molecule is CCCc1cc(O)c2c(c1)OC(C)(C)[C@H](C)[C@H]2C=C(C)C. The summed E-state index contributed by atoms with van der Waals surface area (Å²) in [6.07, 6.45) is 4.29. The van der Waals surface area contributed by atoms with E-state index in [2.05, 4.69) is 53.7 Å². The van der Waals surface area contributed by atoms with Gasteiger partial charge in [0, 0.05) is 17.4 Å². The van der Waals surface area contributed by atoms with Gasteiger partial charge >= 0.3 is 0 Å². The molecular weight excluding hydrogens is 260 g/mol. The second-order valence-corrected chi connectivity index (χ2v) is 7.04. The Bertz CT molecular complexity index is 551. The van der Waals surface area contributed by atoms with Crippen LogP contribution < -0.4 is 4.74 Å². The molecule has 2 atom stereocenters. The molecular formula is C19H28O2. The van der Waals surface area contributed by atoms with Crippen molar-refractivity contribution in [2.75, 3.05) is 0 Å². The lowest BCUT2D eigenvalue weighted by atomic mass is 9.74. The molecule has 1 aromatic rings. The summed E-state index contributed by atoms with van der Waals surface area (Å²) >= 11 is 0. The Morgan fingerprint density at radius 1 is 1.33 bits per heavy atom. The monoisotopic (exact) mass is 288 g/mol. The molecule has 116 valence electrons. The van der Waals surface area contributed by atoms with Crippen molar-refractivity contribution >= 4 is 0 Å². The smallest absolute Gasteiger partial charge is 0.127 e. The molecule has 0 aliphatic carbocycles. The van der Waals surface area contributed by atoms with Gasteiger partial charge in [-0.15, -0.1) is 0 Å². The number of ether oxygens (including phenoxy) is 1. The van der Waals surface area contributed by atoms with Crippen molar-refractivity contribution in [1.29, 1.82) is 0 Å². The van der Waals surface area contributed by atoms with Crippen LogP contribution in [0.25, 0.3) is 0 Å². The van der Waals surface area contributed by atoms with Crippen LogP contribution in [-0.2, 0) is 6.42 Å². The van der Waals surface area contributed by atoms with Crippen LogP contribution in [0.1, 0.15) is 65.0 Å². The molecule has 0 saturated heterocycles. The van der Waals surface area contributed by atoms with Crippen LogP contribution in [-0.4, -0.2) is 10.7 Å². The second-order valence-electron chi connectivity index (χ2n) is 7.04. The standard InChI is InChI=1S/C19H28O2/c1-7-8-14-10-16(20)18-15(9-12(2)3)13(4)19(5,6)21-17(18)11-14/h9-11,13,15,20H,7-8H2,1-6H3/t13-,15-/m1/s1. The molecule has 1 heterocycles. The average Bonchev–Trinajstić information content (AvgIpc) is 2.34. The van der Waals surface area contributed by atoms with E-state index in [1.807, 2.05) is 6.07 Å². The zero-order valence-corrected chi connectivity index (χ0v) is 14.2. The highest BCUT2D eigenvalue weighted by Gasteiger charge is 2.41. The van der Waals surface area contributed by atoms with E-state index in [1.165, 1.54) is 5.57 Å². The maximum atomic E-state index is 10.5. The average molecular weight is 288 g/mol. The number of hydrogen-bond acceptors (Lipinski definition) is 2. The van der Waals surface area contributed by atoms with Gasteiger partial charge < -0.3 is 9.84 Å². The van der Waals surface area contributed by atoms with Gasteiger partial charge in [0.1, 0.15) is 17.1 Å². The highest BCUT2D eigenvalue weighted by atomic mass is 16.5. The third kappa shape index (κ3) is 3.09. The van der Waals surface area contributed by atoms with E-state index in [4.69, 9.17) is 4.74 Å². The second kappa shape index (κ2) is 5.75. The molecule has 2 rings (SSSR count). The molecule has 1 aliphatic heterocycles. The molecule has 0 saturated carbocycles. The fraction of sp³-hybridized carbons (Fsp3) is 0.579. The highest BCUT2D eigenvalue weighted by Crippen LogP contribution is 2.49. The van der Waals surface area contributed by atoms with E-state index in [1.54, 1.807) is 0 Å². The van der Waals surface area contributed by atoms with E-state index >= 15 is 0 Å². The van der Waals surface area contributed by atoms with Crippen molar-refractivity contribution in [2.24, 2.45) is 5.92 Å². The first-order valence-corrected chi connectivity index (χ1v) is 7.96. The molecule has 0 aromatic heterocycles. The summed E-state index contributed by atoms with van der Waals surface area (Å²) < 4.78 is 6.22. The van der Waals surface area contributed by atoms with Crippen LogP contribution in [0.4, 0.5) is 0 Å². The Labute approximate surface area is 128 Å². The number of aromatic hydroxyl groups is 1. The van der Waals surface area contributed by atoms with E-state index in [-0.39, 0.29) is 11.5 Å². The Balaban J connectivity index is 2.59. The molecule has 0 unspecified atom stereocenters. The number of allylic oxidation sites excluding steroid dienone is 2. The minimum absolute atomic E-state index is 0.199. The van der Waals surface area contributed by atoms with Crippen molar-refractivity contribution in [1.82, 2.24) is 0 Å². The van der Waals surface area contributed by atoms with Crippen LogP contribution in [0.2, 0.25) is 0 Å². The van der Waals surface area contributed by atoms with Crippen LogP contribution in [0.5, 0.6) is 11.5 Å². The number of hydrogen-bond donors (Lipinski definition) is 1. The van der Waals surface area contributed by atoms with E-state index in [9.17, 15) is 5.11 Å². The van der Waals surface area contributed by atoms with Crippen molar-refractivity contribution in [3.05, 3.63) is 34.9 Å². The number of phenols is 1. The molecule has 0 radical (unpaired) electrons. The Morgan fingerprint density at radius 3 is 2.57 bits per heavy atom. The number of rotatable bonds is 3. The third-order valence-corrected chi connectivity index (χ3v) is 4.57. The summed E-state index contributed by atoms with van der Waals surface area (Å²) in [5.41, 5.74) is 3.13. The summed E-state index contributed by atoms with van der Waals surface area (Å²) in [6.45, 7) is 12.8. The Morgan fingerprint density at radius 2 is 2.00 bits per heavy atom. The first kappa shape index (κ1) is 15.9. The molecule has 1 N–H and O–H groups in total. The fourth-order valence-corrected chi connectivity index (χ4v) is 3.17. The van der Waals surface area contributed by atoms with Crippen LogP contribution in [0.15, 0.2) is 23.8 Å². The van der Waals surface area contributed by atoms with Crippen molar-refractivity contribution in [3.63, 3.8) is 0 Å². The minimum atomic E-state index is -0.235. The minimum Gasteiger partial charge on any atom is -0.507 e. The lowest BCUT2D eigenvalue weighted by molar-refractivity contribution is 0.0260. The highest BCUT2D eigenvalue weighted by molar-refractivity contribution is 5.53. The molecule has 0 fully saturated rings. The summed E-state index contributed by atoms with van der Waals surface area (Å²) in [7, 11) is 0. The van der Waals surface area contributed by atoms with Crippen molar-refractivity contribution < 1.29 is 9.84 Å². The van der Waals surface area contributed by atoms with Gasteiger partial charge in [-0.1, -0.05) is 31.9 Å². The molecule has 2 nitrogen and oxygen atoms in total. The maximum Gasteiger partial charge on any atom is 0.127 e. The zero-order valence-electron chi connectivity index (χ0n) is 14.2. The van der Waals surface area contributed by atoms with Gasteiger partial charge in [-0.2, -0.15) is 0 Å². The van der Waals surface area contributed by atoms with Gasteiger partial charge in [0.2, 0.25) is 0 Å². The number of fused-ring (bicyclic) bond motifs is 1. The molecule has 0 bridgehead atoms. The lowest BCUT2D eigenvalue weighted by Gasteiger charge is -2.43. The summed E-state index contributed by atoms with van der Waals surface area (Å²) in [4.78, 5) is 0. The summed E-state index contributed by atoms with van der Waals surface area (Å²) in [6, 6.07) is 4.01. The van der Waals surface area contributed by atoms with Gasteiger partial charge in [-0.25, -0.2) is 0 Å². The van der Waals surface area contributed by atoms with Gasteiger partial charge in [0.05, 0.1) is 0 Å². The normalized spacial score (nSPS) is 23.1. The van der Waals surface area contributed by atoms with Gasteiger partial charge in [0.15, 0.2) is 0 Å². The first-order chi connectivity index (χ1) is 9.76. The van der Waals surface area contributed by atoms with Crippen LogP contribution in [0.3, 0.4) is 0 Å². The van der Waals surface area contributed by atoms with E-state index in [0.717, 1.165) is 29.7 Å². The molecule has 1 aliphatic rings. The van der Waals surface area contributed by atoms with E-state index < -0.39 is 0 Å². The molecule has 1 aromatic carbocycles. The first-order valence-electron chi connectivity index (χ1n) is 7.96. The van der Waals surface area contributed by atoms with Gasteiger partial charge in [-0.3, -0.25) is 0 Å². The predicted molar refractivity (Wildman–Crippen MR) is 88.1 cm³/mol.